The second-order valence-electron chi connectivity index (χ2n) is 4.83. The standard InChI is InChI=1S/C14H17NO3/c1-15(2)12(16)14(13(17)18-3)9-11(14)10-7-5-4-6-8-10/h4-8,11H,9H2,1-3H3/t11-,14+/m1/s1. The molecule has 0 saturated heterocycles. The van der Waals surface area contributed by atoms with Crippen molar-refractivity contribution in [2.24, 2.45) is 5.41 Å². The van der Waals surface area contributed by atoms with Crippen LogP contribution in [0.4, 0.5) is 0 Å². The van der Waals surface area contributed by atoms with Crippen molar-refractivity contribution >= 4 is 11.9 Å². The van der Waals surface area contributed by atoms with Gasteiger partial charge in [0.15, 0.2) is 5.41 Å². The molecule has 1 fully saturated rings. The Balaban J connectivity index is 2.32. The van der Waals surface area contributed by atoms with E-state index in [2.05, 4.69) is 0 Å². The fraction of sp³-hybridized carbons (Fsp3) is 0.429. The van der Waals surface area contributed by atoms with E-state index in [-0.39, 0.29) is 11.8 Å². The Hall–Kier alpha value is -1.84. The van der Waals surface area contributed by atoms with Crippen molar-refractivity contribution in [1.82, 2.24) is 4.90 Å². The number of benzene rings is 1. The van der Waals surface area contributed by atoms with Gasteiger partial charge in [-0.2, -0.15) is 0 Å². The molecule has 18 heavy (non-hydrogen) atoms. The van der Waals surface area contributed by atoms with Crippen LogP contribution in [0.1, 0.15) is 17.9 Å². The lowest BCUT2D eigenvalue weighted by atomic mass is 9.97. The Kier molecular flexibility index (Phi) is 3.11. The molecule has 2 rings (SSSR count). The molecule has 1 amide bonds. The minimum absolute atomic E-state index is 0.0685. The molecule has 1 aromatic carbocycles. The fourth-order valence-corrected chi connectivity index (χ4v) is 2.48. The van der Waals surface area contributed by atoms with Gasteiger partial charge in [-0.15, -0.1) is 0 Å². The Labute approximate surface area is 107 Å². The summed E-state index contributed by atoms with van der Waals surface area (Å²) in [6.07, 6.45) is 0.528. The van der Waals surface area contributed by atoms with Crippen LogP contribution in [0, 0.1) is 5.41 Å². The lowest BCUT2D eigenvalue weighted by molar-refractivity contribution is -0.155. The summed E-state index contributed by atoms with van der Waals surface area (Å²) in [5, 5.41) is 0. The van der Waals surface area contributed by atoms with Gasteiger partial charge in [0.1, 0.15) is 0 Å². The molecule has 1 aliphatic carbocycles. The maximum absolute atomic E-state index is 12.2. The van der Waals surface area contributed by atoms with Crippen LogP contribution in [0.15, 0.2) is 30.3 Å². The van der Waals surface area contributed by atoms with Crippen molar-refractivity contribution in [2.75, 3.05) is 21.2 Å². The van der Waals surface area contributed by atoms with Gasteiger partial charge in [-0.25, -0.2) is 0 Å². The lowest BCUT2D eigenvalue weighted by Crippen LogP contribution is -2.38. The normalized spacial score (nSPS) is 25.4. The van der Waals surface area contributed by atoms with E-state index in [1.165, 1.54) is 12.0 Å². The number of carbonyl (C=O) groups is 2. The molecule has 0 aliphatic heterocycles. The highest BCUT2D eigenvalue weighted by molar-refractivity contribution is 6.07. The number of nitrogens with zero attached hydrogens (tertiary/aromatic N) is 1. The van der Waals surface area contributed by atoms with Crippen LogP contribution in [-0.2, 0) is 14.3 Å². The number of methoxy groups -OCH3 is 1. The molecule has 4 nitrogen and oxygen atoms in total. The molecule has 0 unspecified atom stereocenters. The summed E-state index contributed by atoms with van der Waals surface area (Å²) in [6, 6.07) is 9.63. The maximum Gasteiger partial charge on any atom is 0.322 e. The molecule has 0 heterocycles. The highest BCUT2D eigenvalue weighted by Gasteiger charge is 2.67. The summed E-state index contributed by atoms with van der Waals surface area (Å²) in [5.74, 6) is -0.681. The molecule has 0 bridgehead atoms. The van der Waals surface area contributed by atoms with Gasteiger partial charge in [0.05, 0.1) is 7.11 Å². The largest absolute Gasteiger partial charge is 0.468 e. The van der Waals surface area contributed by atoms with Gasteiger partial charge in [-0.1, -0.05) is 30.3 Å². The Morgan fingerprint density at radius 3 is 2.39 bits per heavy atom. The van der Waals surface area contributed by atoms with Crippen molar-refractivity contribution in [2.45, 2.75) is 12.3 Å². The Morgan fingerprint density at radius 2 is 1.89 bits per heavy atom. The second kappa shape index (κ2) is 4.44. The average molecular weight is 247 g/mol. The SMILES string of the molecule is COC(=O)[C@@]1(C(=O)N(C)C)C[C@@H]1c1ccccc1. The third kappa shape index (κ3) is 1.78. The van der Waals surface area contributed by atoms with E-state index in [0.29, 0.717) is 6.42 Å². The predicted octanol–water partition coefficient (Wildman–Crippen LogP) is 1.42. The summed E-state index contributed by atoms with van der Waals surface area (Å²) in [5.41, 5.74) is -0.00215. The van der Waals surface area contributed by atoms with Crippen molar-refractivity contribution in [3.8, 4) is 0 Å². The van der Waals surface area contributed by atoms with Crippen molar-refractivity contribution in [1.29, 1.82) is 0 Å². The molecule has 0 spiro atoms. The second-order valence-corrected chi connectivity index (χ2v) is 4.83. The topological polar surface area (TPSA) is 46.6 Å². The zero-order valence-corrected chi connectivity index (χ0v) is 10.8. The van der Waals surface area contributed by atoms with Crippen LogP contribution in [-0.4, -0.2) is 38.0 Å². The van der Waals surface area contributed by atoms with E-state index in [0.717, 1.165) is 5.56 Å². The summed E-state index contributed by atoms with van der Waals surface area (Å²) in [7, 11) is 4.65. The number of hydrogen-bond acceptors (Lipinski definition) is 3. The zero-order chi connectivity index (χ0) is 13.3. The minimum Gasteiger partial charge on any atom is -0.468 e. The molecular formula is C14H17NO3. The molecular weight excluding hydrogens is 230 g/mol. The van der Waals surface area contributed by atoms with Crippen LogP contribution >= 0.6 is 0 Å². The van der Waals surface area contributed by atoms with Gasteiger partial charge in [-0.3, -0.25) is 9.59 Å². The third-order valence-electron chi connectivity index (χ3n) is 3.50. The van der Waals surface area contributed by atoms with E-state index >= 15 is 0 Å². The van der Waals surface area contributed by atoms with E-state index in [9.17, 15) is 9.59 Å². The Bertz CT molecular complexity index is 469. The molecule has 1 aromatic rings. The summed E-state index contributed by atoms with van der Waals surface area (Å²) >= 11 is 0. The molecule has 0 aromatic heterocycles. The van der Waals surface area contributed by atoms with Crippen LogP contribution < -0.4 is 0 Å². The monoisotopic (exact) mass is 247 g/mol. The zero-order valence-electron chi connectivity index (χ0n) is 10.8. The van der Waals surface area contributed by atoms with Crippen molar-refractivity contribution in [3.63, 3.8) is 0 Å². The van der Waals surface area contributed by atoms with Gasteiger partial charge < -0.3 is 9.64 Å². The van der Waals surface area contributed by atoms with Crippen LogP contribution in [0.2, 0.25) is 0 Å². The van der Waals surface area contributed by atoms with E-state index < -0.39 is 11.4 Å². The van der Waals surface area contributed by atoms with Gasteiger partial charge in [-0.05, 0) is 12.0 Å². The lowest BCUT2D eigenvalue weighted by Gasteiger charge is -2.19. The van der Waals surface area contributed by atoms with Gasteiger partial charge in [0, 0.05) is 20.0 Å². The quantitative estimate of drug-likeness (QED) is 0.599. The van der Waals surface area contributed by atoms with Gasteiger partial charge in [0.25, 0.3) is 0 Å². The minimum atomic E-state index is -1.01. The Morgan fingerprint density at radius 1 is 1.28 bits per heavy atom. The fourth-order valence-electron chi connectivity index (χ4n) is 2.48. The van der Waals surface area contributed by atoms with Gasteiger partial charge in [0.2, 0.25) is 5.91 Å². The van der Waals surface area contributed by atoms with Crippen molar-refractivity contribution in [3.05, 3.63) is 35.9 Å². The number of rotatable bonds is 3. The molecule has 2 atom stereocenters. The van der Waals surface area contributed by atoms with E-state index in [4.69, 9.17) is 4.74 Å². The van der Waals surface area contributed by atoms with Crippen molar-refractivity contribution < 1.29 is 14.3 Å². The number of carbonyl (C=O) groups excluding carboxylic acids is 2. The first-order valence-corrected chi connectivity index (χ1v) is 5.89. The first-order chi connectivity index (χ1) is 8.54. The summed E-state index contributed by atoms with van der Waals surface area (Å²) < 4.78 is 4.81. The first kappa shape index (κ1) is 12.6. The molecule has 0 N–H and O–H groups in total. The molecule has 1 aliphatic rings. The molecule has 4 heteroatoms. The van der Waals surface area contributed by atoms with Gasteiger partial charge >= 0.3 is 5.97 Å². The van der Waals surface area contributed by atoms with Crippen LogP contribution in [0.3, 0.4) is 0 Å². The number of esters is 1. The van der Waals surface area contributed by atoms with Crippen LogP contribution in [0.5, 0.6) is 0 Å². The summed E-state index contributed by atoms with van der Waals surface area (Å²) in [4.78, 5) is 25.7. The first-order valence-electron chi connectivity index (χ1n) is 5.89. The van der Waals surface area contributed by atoms with E-state index in [1.807, 2.05) is 30.3 Å². The number of ether oxygens (including phenoxy) is 1. The predicted molar refractivity (Wildman–Crippen MR) is 66.9 cm³/mol. The number of amides is 1. The average Bonchev–Trinajstić information content (AvgIpc) is 3.14. The molecule has 0 radical (unpaired) electrons. The molecule has 1 saturated carbocycles. The smallest absolute Gasteiger partial charge is 0.322 e. The van der Waals surface area contributed by atoms with E-state index in [1.54, 1.807) is 14.1 Å². The maximum atomic E-state index is 12.2. The highest BCUT2D eigenvalue weighted by Crippen LogP contribution is 2.60. The molecule has 96 valence electrons. The number of hydrogen-bond donors (Lipinski definition) is 0. The highest BCUT2D eigenvalue weighted by atomic mass is 16.5. The third-order valence-corrected chi connectivity index (χ3v) is 3.50. The van der Waals surface area contributed by atoms with Crippen LogP contribution in [0.25, 0.3) is 0 Å². The summed E-state index contributed by atoms with van der Waals surface area (Å²) in [6.45, 7) is 0.